The van der Waals surface area contributed by atoms with Gasteiger partial charge in [0, 0.05) is 55.1 Å². The molecule has 1 fully saturated rings. The quantitative estimate of drug-likeness (QED) is 0.290. The van der Waals surface area contributed by atoms with Gasteiger partial charge in [-0.05, 0) is 60.7 Å². The van der Waals surface area contributed by atoms with Crippen molar-refractivity contribution in [1.82, 2.24) is 14.8 Å². The van der Waals surface area contributed by atoms with Gasteiger partial charge in [-0.1, -0.05) is 29.3 Å². The standard InChI is InChI=1S/C24H26Cl2N4O2S2/c1-29(2)16-28-34(31,32)24-10-17(5-6-21(24)25)14-30-9-3-4-20(15-30)33-23-12-18-7-8-27-13-19(18)11-22(23)26/h5-8,10-13,16,20H,3-4,9,14-15H2,1-2H3/b28-16+. The predicted octanol–water partition coefficient (Wildman–Crippen LogP) is 5.58. The van der Waals surface area contributed by atoms with Gasteiger partial charge >= 0.3 is 0 Å². The molecule has 1 saturated heterocycles. The molecule has 0 bridgehead atoms. The molecule has 3 aromatic rings. The highest BCUT2D eigenvalue weighted by molar-refractivity contribution is 8.00. The Morgan fingerprint density at radius 3 is 2.79 bits per heavy atom. The fourth-order valence-electron chi connectivity index (χ4n) is 3.93. The Morgan fingerprint density at radius 2 is 2.00 bits per heavy atom. The first kappa shape index (κ1) is 25.3. The van der Waals surface area contributed by atoms with E-state index in [1.54, 1.807) is 49.1 Å². The fourth-order valence-corrected chi connectivity index (χ4v) is 6.98. The number of hydrogen-bond donors (Lipinski definition) is 0. The number of halogens is 2. The molecule has 1 atom stereocenters. The lowest BCUT2D eigenvalue weighted by Crippen LogP contribution is -2.36. The molecule has 2 aromatic carbocycles. The molecule has 0 N–H and O–H groups in total. The van der Waals surface area contributed by atoms with Crippen molar-refractivity contribution < 1.29 is 8.42 Å². The Kier molecular flexibility index (Phi) is 8.05. The topological polar surface area (TPSA) is 65.9 Å². The van der Waals surface area contributed by atoms with Crippen molar-refractivity contribution in [2.75, 3.05) is 27.2 Å². The molecule has 1 aliphatic rings. The third-order valence-electron chi connectivity index (χ3n) is 5.54. The number of sulfonamides is 1. The van der Waals surface area contributed by atoms with Crippen molar-refractivity contribution >= 4 is 62.1 Å². The maximum atomic E-state index is 12.6. The van der Waals surface area contributed by atoms with Crippen LogP contribution in [0.1, 0.15) is 18.4 Å². The molecule has 34 heavy (non-hydrogen) atoms. The monoisotopic (exact) mass is 536 g/mol. The minimum absolute atomic E-state index is 0.0325. The summed E-state index contributed by atoms with van der Waals surface area (Å²) >= 11 is 14.6. The van der Waals surface area contributed by atoms with Gasteiger partial charge in [-0.15, -0.1) is 16.2 Å². The predicted molar refractivity (Wildman–Crippen MR) is 142 cm³/mol. The van der Waals surface area contributed by atoms with E-state index in [1.165, 1.54) is 6.34 Å². The van der Waals surface area contributed by atoms with Crippen LogP contribution in [0.3, 0.4) is 0 Å². The van der Waals surface area contributed by atoms with Crippen molar-refractivity contribution in [3.63, 3.8) is 0 Å². The van der Waals surface area contributed by atoms with Crippen LogP contribution in [-0.2, 0) is 16.6 Å². The fraction of sp³-hybridized carbons (Fsp3) is 0.333. The molecule has 10 heteroatoms. The number of rotatable bonds is 7. The molecule has 1 aromatic heterocycles. The average molecular weight is 538 g/mol. The third-order valence-corrected chi connectivity index (χ3v) is 8.99. The first-order valence-corrected chi connectivity index (χ1v) is 14.0. The van der Waals surface area contributed by atoms with Crippen LogP contribution in [0.25, 0.3) is 10.8 Å². The summed E-state index contributed by atoms with van der Waals surface area (Å²) < 4.78 is 29.0. The summed E-state index contributed by atoms with van der Waals surface area (Å²) in [5, 5.41) is 3.47. The van der Waals surface area contributed by atoms with Crippen molar-refractivity contribution in [3.8, 4) is 0 Å². The number of hydrogen-bond acceptors (Lipinski definition) is 5. The zero-order valence-electron chi connectivity index (χ0n) is 19.0. The summed E-state index contributed by atoms with van der Waals surface area (Å²) in [7, 11) is -0.445. The lowest BCUT2D eigenvalue weighted by molar-refractivity contribution is 0.226. The molecule has 0 radical (unpaired) electrons. The van der Waals surface area contributed by atoms with Crippen molar-refractivity contribution in [3.05, 3.63) is 64.4 Å². The van der Waals surface area contributed by atoms with E-state index in [0.29, 0.717) is 11.8 Å². The van der Waals surface area contributed by atoms with E-state index in [2.05, 4.69) is 20.3 Å². The highest BCUT2D eigenvalue weighted by Gasteiger charge is 2.23. The molecule has 0 amide bonds. The molecule has 4 rings (SSSR count). The van der Waals surface area contributed by atoms with Gasteiger partial charge in [0.25, 0.3) is 10.0 Å². The summed E-state index contributed by atoms with van der Waals surface area (Å²) in [6.07, 6.45) is 7.05. The highest BCUT2D eigenvalue weighted by atomic mass is 35.5. The van der Waals surface area contributed by atoms with Crippen LogP contribution in [-0.4, -0.2) is 62.0 Å². The van der Waals surface area contributed by atoms with Crippen molar-refractivity contribution in [2.24, 2.45) is 4.40 Å². The van der Waals surface area contributed by atoms with Gasteiger partial charge in [-0.25, -0.2) is 0 Å². The lowest BCUT2D eigenvalue weighted by atomic mass is 10.1. The molecule has 2 heterocycles. The molecule has 0 saturated carbocycles. The van der Waals surface area contributed by atoms with Gasteiger partial charge in [-0.3, -0.25) is 9.88 Å². The van der Waals surface area contributed by atoms with Gasteiger partial charge < -0.3 is 4.90 Å². The zero-order valence-corrected chi connectivity index (χ0v) is 22.1. The second-order valence-corrected chi connectivity index (χ2v) is 12.3. The van der Waals surface area contributed by atoms with Gasteiger partial charge in [0.2, 0.25) is 0 Å². The second kappa shape index (κ2) is 10.8. The smallest absolute Gasteiger partial charge is 0.285 e. The normalized spacial score (nSPS) is 17.5. The van der Waals surface area contributed by atoms with Crippen LogP contribution >= 0.6 is 35.0 Å². The maximum absolute atomic E-state index is 12.6. The van der Waals surface area contributed by atoms with Crippen LogP contribution in [0.4, 0.5) is 0 Å². The summed E-state index contributed by atoms with van der Waals surface area (Å²) in [5.74, 6) is 0. The number of pyridine rings is 1. The summed E-state index contributed by atoms with van der Waals surface area (Å²) in [6, 6.07) is 11.2. The zero-order chi connectivity index (χ0) is 24.3. The molecule has 1 aliphatic heterocycles. The van der Waals surface area contributed by atoms with Crippen LogP contribution in [0, 0.1) is 0 Å². The van der Waals surface area contributed by atoms with Gasteiger partial charge in [0.15, 0.2) is 0 Å². The number of benzene rings is 2. The van der Waals surface area contributed by atoms with Gasteiger partial charge in [-0.2, -0.15) is 8.42 Å². The number of likely N-dealkylation sites (tertiary alicyclic amines) is 1. The van der Waals surface area contributed by atoms with Crippen LogP contribution in [0.15, 0.2) is 63.0 Å². The first-order valence-electron chi connectivity index (χ1n) is 10.9. The molecule has 6 nitrogen and oxygen atoms in total. The Morgan fingerprint density at radius 1 is 1.18 bits per heavy atom. The molecule has 0 spiro atoms. The Hall–Kier alpha value is -1.84. The van der Waals surface area contributed by atoms with E-state index >= 15 is 0 Å². The molecular weight excluding hydrogens is 511 g/mol. The van der Waals surface area contributed by atoms with Crippen molar-refractivity contribution in [1.29, 1.82) is 0 Å². The number of piperidine rings is 1. The van der Waals surface area contributed by atoms with E-state index in [0.717, 1.165) is 52.2 Å². The Balaban J connectivity index is 1.47. The minimum Gasteiger partial charge on any atom is -0.368 e. The molecular formula is C24H26Cl2N4O2S2. The Bertz CT molecular complexity index is 1320. The van der Waals surface area contributed by atoms with Gasteiger partial charge in [0.05, 0.1) is 10.0 Å². The second-order valence-electron chi connectivity index (χ2n) is 8.55. The minimum atomic E-state index is -3.87. The molecule has 180 valence electrons. The van der Waals surface area contributed by atoms with E-state index in [9.17, 15) is 8.42 Å². The van der Waals surface area contributed by atoms with Crippen LogP contribution < -0.4 is 0 Å². The van der Waals surface area contributed by atoms with Crippen LogP contribution in [0.2, 0.25) is 10.0 Å². The summed E-state index contributed by atoms with van der Waals surface area (Å²) in [6.45, 7) is 2.49. The summed E-state index contributed by atoms with van der Waals surface area (Å²) in [5.41, 5.74) is 0.893. The van der Waals surface area contributed by atoms with E-state index in [4.69, 9.17) is 23.2 Å². The lowest BCUT2D eigenvalue weighted by Gasteiger charge is -2.32. The number of nitrogens with zero attached hydrogens (tertiary/aromatic N) is 4. The number of thioether (sulfide) groups is 1. The Labute approximate surface area is 215 Å². The third kappa shape index (κ3) is 6.23. The van der Waals surface area contributed by atoms with Gasteiger partial charge in [0.1, 0.15) is 11.2 Å². The maximum Gasteiger partial charge on any atom is 0.285 e. The molecule has 0 aliphatic carbocycles. The number of aromatic nitrogens is 1. The highest BCUT2D eigenvalue weighted by Crippen LogP contribution is 2.37. The van der Waals surface area contributed by atoms with Crippen LogP contribution in [0.5, 0.6) is 0 Å². The number of fused-ring (bicyclic) bond motifs is 1. The SMILES string of the molecule is CN(C)/C=N/S(=O)(=O)c1cc(CN2CCCC(Sc3cc4ccncc4cc3Cl)C2)ccc1Cl. The summed E-state index contributed by atoms with van der Waals surface area (Å²) in [4.78, 5) is 9.19. The average Bonchev–Trinajstić information content (AvgIpc) is 2.80. The largest absolute Gasteiger partial charge is 0.368 e. The first-order chi connectivity index (χ1) is 16.2. The van der Waals surface area contributed by atoms with E-state index < -0.39 is 10.0 Å². The molecule has 1 unspecified atom stereocenters. The van der Waals surface area contributed by atoms with Crippen molar-refractivity contribution in [2.45, 2.75) is 34.4 Å². The van der Waals surface area contributed by atoms with E-state index in [-0.39, 0.29) is 9.92 Å². The van der Waals surface area contributed by atoms with E-state index in [1.807, 2.05) is 24.4 Å².